The van der Waals surface area contributed by atoms with Crippen molar-refractivity contribution in [3.05, 3.63) is 53.8 Å². The highest BCUT2D eigenvalue weighted by Gasteiger charge is 2.31. The van der Waals surface area contributed by atoms with E-state index < -0.39 is 0 Å². The summed E-state index contributed by atoms with van der Waals surface area (Å²) in [6, 6.07) is 9.93. The summed E-state index contributed by atoms with van der Waals surface area (Å²) < 4.78 is 0. The maximum absolute atomic E-state index is 12.1. The van der Waals surface area contributed by atoms with Crippen molar-refractivity contribution >= 4 is 34.9 Å². The number of carbonyl (C=O) groups excluding carboxylic acids is 2. The molecule has 0 spiro atoms. The molecule has 0 radical (unpaired) electrons. The van der Waals surface area contributed by atoms with Crippen LogP contribution in [0.3, 0.4) is 0 Å². The van der Waals surface area contributed by atoms with Crippen LogP contribution in [0.1, 0.15) is 6.42 Å². The minimum atomic E-state index is -0.353. The summed E-state index contributed by atoms with van der Waals surface area (Å²) in [6.07, 6.45) is 3.45. The number of anilines is 2. The largest absolute Gasteiger partial charge is 0.333 e. The van der Waals surface area contributed by atoms with Gasteiger partial charge in [-0.15, -0.1) is 0 Å². The molecule has 23 heavy (non-hydrogen) atoms. The third-order valence-corrected chi connectivity index (χ3v) is 3.77. The highest BCUT2D eigenvalue weighted by Crippen LogP contribution is 2.23. The highest BCUT2D eigenvalue weighted by molar-refractivity contribution is 6.30. The number of amides is 3. The van der Waals surface area contributed by atoms with Crippen LogP contribution in [0.5, 0.6) is 0 Å². The number of nitrogens with zero attached hydrogens (tertiary/aromatic N) is 2. The van der Waals surface area contributed by atoms with Crippen LogP contribution in [0.4, 0.5) is 16.2 Å². The Labute approximate surface area is 138 Å². The standard InChI is InChI=1S/C16H15ClN4O2/c17-11-3-5-14(6-4-11)21-10-13(8-15(21)22)20-16(23)19-12-2-1-7-18-9-12/h1-7,9,13H,8,10H2,(H2,19,20,23)/t13-/m1/s1. The van der Waals surface area contributed by atoms with E-state index in [-0.39, 0.29) is 24.4 Å². The molecule has 0 unspecified atom stereocenters. The van der Waals surface area contributed by atoms with Crippen LogP contribution in [0.2, 0.25) is 5.02 Å². The molecule has 1 aromatic carbocycles. The lowest BCUT2D eigenvalue weighted by Gasteiger charge is -2.17. The Morgan fingerprint density at radius 2 is 2.04 bits per heavy atom. The molecular formula is C16H15ClN4O2. The summed E-state index contributed by atoms with van der Waals surface area (Å²) in [5, 5.41) is 6.10. The van der Waals surface area contributed by atoms with Gasteiger partial charge in [0.2, 0.25) is 5.91 Å². The van der Waals surface area contributed by atoms with Crippen molar-refractivity contribution in [3.8, 4) is 0 Å². The van der Waals surface area contributed by atoms with Gasteiger partial charge in [-0.2, -0.15) is 0 Å². The summed E-state index contributed by atoms with van der Waals surface area (Å²) in [5.41, 5.74) is 1.38. The van der Waals surface area contributed by atoms with E-state index in [1.54, 1.807) is 53.7 Å². The highest BCUT2D eigenvalue weighted by atomic mass is 35.5. The van der Waals surface area contributed by atoms with Gasteiger partial charge in [0.1, 0.15) is 0 Å². The average molecular weight is 331 g/mol. The van der Waals surface area contributed by atoms with E-state index in [1.807, 2.05) is 0 Å². The van der Waals surface area contributed by atoms with E-state index >= 15 is 0 Å². The molecule has 6 nitrogen and oxygen atoms in total. The van der Waals surface area contributed by atoms with Crippen molar-refractivity contribution in [1.29, 1.82) is 0 Å². The number of hydrogen-bond donors (Lipinski definition) is 2. The van der Waals surface area contributed by atoms with Gasteiger partial charge in [0.05, 0.1) is 17.9 Å². The second-order valence-electron chi connectivity index (χ2n) is 5.22. The SMILES string of the molecule is O=C(Nc1cccnc1)N[C@@H]1CC(=O)N(c2ccc(Cl)cc2)C1. The summed E-state index contributed by atoms with van der Waals surface area (Å²) >= 11 is 5.86. The van der Waals surface area contributed by atoms with Gasteiger partial charge in [-0.05, 0) is 36.4 Å². The van der Waals surface area contributed by atoms with Crippen molar-refractivity contribution in [2.24, 2.45) is 0 Å². The summed E-state index contributed by atoms with van der Waals surface area (Å²) in [6.45, 7) is 0.431. The van der Waals surface area contributed by atoms with Crippen molar-refractivity contribution in [2.75, 3.05) is 16.8 Å². The van der Waals surface area contributed by atoms with Gasteiger partial charge in [0.15, 0.2) is 0 Å². The zero-order valence-corrected chi connectivity index (χ0v) is 13.0. The predicted molar refractivity (Wildman–Crippen MR) is 88.6 cm³/mol. The number of pyridine rings is 1. The van der Waals surface area contributed by atoms with Crippen LogP contribution in [0, 0.1) is 0 Å². The molecule has 0 bridgehead atoms. The van der Waals surface area contributed by atoms with Gasteiger partial charge in [-0.1, -0.05) is 11.6 Å². The molecule has 2 heterocycles. The molecule has 1 saturated heterocycles. The van der Waals surface area contributed by atoms with Crippen LogP contribution < -0.4 is 15.5 Å². The minimum absolute atomic E-state index is 0.0287. The molecule has 0 aliphatic carbocycles. The molecule has 1 aliphatic heterocycles. The number of benzene rings is 1. The maximum Gasteiger partial charge on any atom is 0.319 e. The van der Waals surface area contributed by atoms with E-state index in [0.29, 0.717) is 17.3 Å². The zero-order valence-electron chi connectivity index (χ0n) is 12.2. The summed E-state index contributed by atoms with van der Waals surface area (Å²) in [5.74, 6) is -0.0287. The Morgan fingerprint density at radius 3 is 2.74 bits per heavy atom. The normalized spacial score (nSPS) is 17.2. The first kappa shape index (κ1) is 15.3. The Balaban J connectivity index is 1.59. The Morgan fingerprint density at radius 1 is 1.26 bits per heavy atom. The number of rotatable bonds is 3. The molecule has 7 heteroatoms. The fourth-order valence-electron chi connectivity index (χ4n) is 2.46. The maximum atomic E-state index is 12.1. The van der Waals surface area contributed by atoms with Crippen LogP contribution in [-0.2, 0) is 4.79 Å². The van der Waals surface area contributed by atoms with Gasteiger partial charge < -0.3 is 15.5 Å². The van der Waals surface area contributed by atoms with Crippen molar-refractivity contribution < 1.29 is 9.59 Å². The molecule has 0 saturated carbocycles. The van der Waals surface area contributed by atoms with Crippen LogP contribution in [-0.4, -0.2) is 29.5 Å². The molecule has 1 atom stereocenters. The van der Waals surface area contributed by atoms with Crippen LogP contribution >= 0.6 is 11.6 Å². The second-order valence-corrected chi connectivity index (χ2v) is 5.66. The van der Waals surface area contributed by atoms with Crippen LogP contribution in [0.25, 0.3) is 0 Å². The van der Waals surface area contributed by atoms with Crippen molar-refractivity contribution in [2.45, 2.75) is 12.5 Å². The first-order chi connectivity index (χ1) is 11.1. The van der Waals surface area contributed by atoms with Gasteiger partial charge in [0.25, 0.3) is 0 Å². The van der Waals surface area contributed by atoms with Crippen molar-refractivity contribution in [3.63, 3.8) is 0 Å². The van der Waals surface area contributed by atoms with Crippen molar-refractivity contribution in [1.82, 2.24) is 10.3 Å². The van der Waals surface area contributed by atoms with Gasteiger partial charge in [-0.3, -0.25) is 9.78 Å². The number of carbonyl (C=O) groups is 2. The first-order valence-electron chi connectivity index (χ1n) is 7.15. The van der Waals surface area contributed by atoms with E-state index in [9.17, 15) is 9.59 Å². The second kappa shape index (κ2) is 6.66. The lowest BCUT2D eigenvalue weighted by molar-refractivity contribution is -0.117. The fourth-order valence-corrected chi connectivity index (χ4v) is 2.59. The van der Waals surface area contributed by atoms with E-state index in [0.717, 1.165) is 5.69 Å². The lowest BCUT2D eigenvalue weighted by Crippen LogP contribution is -2.39. The molecular weight excluding hydrogens is 316 g/mol. The van der Waals surface area contributed by atoms with Gasteiger partial charge in [0, 0.05) is 29.9 Å². The number of hydrogen-bond acceptors (Lipinski definition) is 3. The molecule has 3 amide bonds. The number of aromatic nitrogens is 1. The van der Waals surface area contributed by atoms with E-state index in [2.05, 4.69) is 15.6 Å². The Kier molecular flexibility index (Phi) is 4.43. The molecule has 1 aromatic heterocycles. The average Bonchev–Trinajstić information content (AvgIpc) is 2.89. The quantitative estimate of drug-likeness (QED) is 0.908. The monoisotopic (exact) mass is 330 g/mol. The third-order valence-electron chi connectivity index (χ3n) is 3.52. The summed E-state index contributed by atoms with van der Waals surface area (Å²) in [4.78, 5) is 29.7. The predicted octanol–water partition coefficient (Wildman–Crippen LogP) is 2.66. The number of halogens is 1. The molecule has 1 aliphatic rings. The van der Waals surface area contributed by atoms with E-state index in [1.165, 1.54) is 0 Å². The Hall–Kier alpha value is -2.60. The van der Waals surface area contributed by atoms with E-state index in [4.69, 9.17) is 11.6 Å². The first-order valence-corrected chi connectivity index (χ1v) is 7.53. The minimum Gasteiger partial charge on any atom is -0.333 e. The Bertz CT molecular complexity index is 706. The third kappa shape index (κ3) is 3.78. The molecule has 2 N–H and O–H groups in total. The molecule has 2 aromatic rings. The molecule has 3 rings (SSSR count). The summed E-state index contributed by atoms with van der Waals surface area (Å²) in [7, 11) is 0. The van der Waals surface area contributed by atoms with Gasteiger partial charge in [-0.25, -0.2) is 4.79 Å². The lowest BCUT2D eigenvalue weighted by atomic mass is 10.2. The molecule has 118 valence electrons. The number of nitrogens with one attached hydrogen (secondary N) is 2. The topological polar surface area (TPSA) is 74.3 Å². The smallest absolute Gasteiger partial charge is 0.319 e. The zero-order chi connectivity index (χ0) is 16.2. The molecule has 1 fully saturated rings. The van der Waals surface area contributed by atoms with Gasteiger partial charge >= 0.3 is 6.03 Å². The fraction of sp³-hybridized carbons (Fsp3) is 0.188. The number of urea groups is 1. The van der Waals surface area contributed by atoms with Crippen LogP contribution in [0.15, 0.2) is 48.8 Å².